The second-order valence-corrected chi connectivity index (χ2v) is 4.41. The van der Waals surface area contributed by atoms with E-state index in [1.165, 1.54) is 0 Å². The molecule has 0 saturated heterocycles. The summed E-state index contributed by atoms with van der Waals surface area (Å²) in [7, 11) is 0. The summed E-state index contributed by atoms with van der Waals surface area (Å²) in [6.45, 7) is 6.72. The van der Waals surface area contributed by atoms with Crippen LogP contribution in [0.1, 0.15) is 25.8 Å². The lowest BCUT2D eigenvalue weighted by Crippen LogP contribution is -2.10. The van der Waals surface area contributed by atoms with E-state index in [0.29, 0.717) is 18.1 Å². The van der Waals surface area contributed by atoms with E-state index in [1.807, 2.05) is 24.3 Å². The molecule has 0 aliphatic carbocycles. The summed E-state index contributed by atoms with van der Waals surface area (Å²) >= 11 is 0. The van der Waals surface area contributed by atoms with Crippen molar-refractivity contribution in [3.63, 3.8) is 0 Å². The van der Waals surface area contributed by atoms with Crippen molar-refractivity contribution in [2.45, 2.75) is 20.3 Å². The normalized spacial score (nSPS) is 10.2. The van der Waals surface area contributed by atoms with Crippen LogP contribution in [-0.4, -0.2) is 19.8 Å². The van der Waals surface area contributed by atoms with Crippen molar-refractivity contribution in [1.29, 1.82) is 5.26 Å². The van der Waals surface area contributed by atoms with Gasteiger partial charge in [-0.3, -0.25) is 0 Å². The Balaban J connectivity index is 2.12. The van der Waals surface area contributed by atoms with E-state index in [9.17, 15) is 0 Å². The van der Waals surface area contributed by atoms with Gasteiger partial charge in [-0.05, 0) is 36.6 Å². The quantitative estimate of drug-likeness (QED) is 0.735. The maximum atomic E-state index is 8.66. The summed E-state index contributed by atoms with van der Waals surface area (Å²) in [5, 5.41) is 11.9. The fourth-order valence-electron chi connectivity index (χ4n) is 1.35. The molecule has 0 saturated carbocycles. The number of benzene rings is 1. The lowest BCUT2D eigenvalue weighted by molar-refractivity contribution is 0.132. The molecule has 0 aromatic heterocycles. The maximum Gasteiger partial charge on any atom is 0.0991 e. The molecule has 0 amide bonds. The van der Waals surface area contributed by atoms with Crippen LogP contribution in [0.3, 0.4) is 0 Å². The Morgan fingerprint density at radius 2 is 1.94 bits per heavy atom. The molecule has 1 aromatic carbocycles. The molecule has 0 radical (unpaired) electrons. The van der Waals surface area contributed by atoms with Gasteiger partial charge in [0, 0.05) is 18.8 Å². The zero-order chi connectivity index (χ0) is 12.5. The maximum absolute atomic E-state index is 8.66. The van der Waals surface area contributed by atoms with E-state index in [4.69, 9.17) is 10.00 Å². The van der Waals surface area contributed by atoms with Crippen LogP contribution in [0.4, 0.5) is 5.69 Å². The third-order valence-corrected chi connectivity index (χ3v) is 2.43. The van der Waals surface area contributed by atoms with E-state index in [2.05, 4.69) is 25.2 Å². The lowest BCUT2D eigenvalue weighted by atomic mass is 10.1. The molecule has 1 aromatic rings. The van der Waals surface area contributed by atoms with Crippen molar-refractivity contribution in [2.75, 3.05) is 25.1 Å². The molecule has 0 aliphatic rings. The number of nitrogens with zero attached hydrogens (tertiary/aromatic N) is 1. The van der Waals surface area contributed by atoms with Crippen LogP contribution in [0.5, 0.6) is 0 Å². The average Bonchev–Trinajstić information content (AvgIpc) is 2.34. The van der Waals surface area contributed by atoms with Crippen LogP contribution in [0.25, 0.3) is 0 Å². The fraction of sp³-hybridized carbons (Fsp3) is 0.500. The molecule has 3 heteroatoms. The van der Waals surface area contributed by atoms with Gasteiger partial charge in [-0.1, -0.05) is 13.8 Å². The standard InChI is InChI=1S/C14H20N2O/c1-12(2)7-9-17-10-8-16-14-5-3-13(11-15)4-6-14/h3-6,12,16H,7-10H2,1-2H3. The highest BCUT2D eigenvalue weighted by atomic mass is 16.5. The summed E-state index contributed by atoms with van der Waals surface area (Å²) in [6.07, 6.45) is 1.11. The molecule has 3 nitrogen and oxygen atoms in total. The van der Waals surface area contributed by atoms with E-state index in [0.717, 1.165) is 25.3 Å². The highest BCUT2D eigenvalue weighted by Gasteiger charge is 1.95. The fourth-order valence-corrected chi connectivity index (χ4v) is 1.35. The van der Waals surface area contributed by atoms with Gasteiger partial charge in [-0.15, -0.1) is 0 Å². The highest BCUT2D eigenvalue weighted by molar-refractivity contribution is 5.46. The van der Waals surface area contributed by atoms with Crippen molar-refractivity contribution < 1.29 is 4.74 Å². The zero-order valence-electron chi connectivity index (χ0n) is 10.6. The molecule has 1 N–H and O–H groups in total. The Morgan fingerprint density at radius 3 is 2.53 bits per heavy atom. The molecule has 92 valence electrons. The van der Waals surface area contributed by atoms with Gasteiger partial charge >= 0.3 is 0 Å². The topological polar surface area (TPSA) is 45.0 Å². The van der Waals surface area contributed by atoms with E-state index in [-0.39, 0.29) is 0 Å². The first-order chi connectivity index (χ1) is 8.22. The monoisotopic (exact) mass is 232 g/mol. The molecule has 0 heterocycles. The number of rotatable bonds is 7. The lowest BCUT2D eigenvalue weighted by Gasteiger charge is -2.08. The van der Waals surface area contributed by atoms with Gasteiger partial charge < -0.3 is 10.1 Å². The smallest absolute Gasteiger partial charge is 0.0991 e. The van der Waals surface area contributed by atoms with E-state index < -0.39 is 0 Å². The number of hydrogen-bond donors (Lipinski definition) is 1. The summed E-state index contributed by atoms with van der Waals surface area (Å²) in [5.41, 5.74) is 1.71. The number of anilines is 1. The Bertz CT molecular complexity index is 351. The third kappa shape index (κ3) is 5.94. The molecule has 0 fully saturated rings. The molecule has 0 atom stereocenters. The van der Waals surface area contributed by atoms with Gasteiger partial charge in [-0.25, -0.2) is 0 Å². The van der Waals surface area contributed by atoms with Crippen LogP contribution in [-0.2, 0) is 4.74 Å². The van der Waals surface area contributed by atoms with Crippen LogP contribution >= 0.6 is 0 Å². The predicted molar refractivity (Wildman–Crippen MR) is 69.9 cm³/mol. The minimum atomic E-state index is 0.684. The Hall–Kier alpha value is -1.53. The molecule has 0 aliphatic heterocycles. The average molecular weight is 232 g/mol. The second kappa shape index (κ2) is 7.70. The predicted octanol–water partition coefficient (Wildman–Crippen LogP) is 3.03. The van der Waals surface area contributed by atoms with Crippen LogP contribution < -0.4 is 5.32 Å². The Labute approximate surface area is 103 Å². The van der Waals surface area contributed by atoms with Crippen molar-refractivity contribution >= 4 is 5.69 Å². The van der Waals surface area contributed by atoms with Crippen LogP contribution in [0.2, 0.25) is 0 Å². The van der Waals surface area contributed by atoms with Gasteiger partial charge in [0.2, 0.25) is 0 Å². The van der Waals surface area contributed by atoms with Gasteiger partial charge in [0.05, 0.1) is 18.2 Å². The number of nitriles is 1. The van der Waals surface area contributed by atoms with Crippen LogP contribution in [0.15, 0.2) is 24.3 Å². The number of nitrogens with one attached hydrogen (secondary N) is 1. The Morgan fingerprint density at radius 1 is 1.24 bits per heavy atom. The minimum Gasteiger partial charge on any atom is -0.383 e. The van der Waals surface area contributed by atoms with Gasteiger partial charge in [-0.2, -0.15) is 5.26 Å². The number of hydrogen-bond acceptors (Lipinski definition) is 3. The van der Waals surface area contributed by atoms with Crippen molar-refractivity contribution in [3.8, 4) is 6.07 Å². The molecule has 0 spiro atoms. The SMILES string of the molecule is CC(C)CCOCCNc1ccc(C#N)cc1. The summed E-state index contributed by atoms with van der Waals surface area (Å²) < 4.78 is 5.50. The first-order valence-corrected chi connectivity index (χ1v) is 6.04. The number of ether oxygens (including phenoxy) is 1. The molecule has 0 bridgehead atoms. The highest BCUT2D eigenvalue weighted by Crippen LogP contribution is 2.08. The van der Waals surface area contributed by atoms with Gasteiger partial charge in [0.25, 0.3) is 0 Å². The van der Waals surface area contributed by atoms with Crippen molar-refractivity contribution in [1.82, 2.24) is 0 Å². The second-order valence-electron chi connectivity index (χ2n) is 4.41. The first kappa shape index (κ1) is 13.5. The minimum absolute atomic E-state index is 0.684. The Kier molecular flexibility index (Phi) is 6.13. The van der Waals surface area contributed by atoms with Crippen LogP contribution in [0, 0.1) is 17.2 Å². The van der Waals surface area contributed by atoms with Crippen molar-refractivity contribution in [2.24, 2.45) is 5.92 Å². The zero-order valence-corrected chi connectivity index (χ0v) is 10.6. The molecular weight excluding hydrogens is 212 g/mol. The summed E-state index contributed by atoms with van der Waals surface area (Å²) in [4.78, 5) is 0. The van der Waals surface area contributed by atoms with Gasteiger partial charge in [0.15, 0.2) is 0 Å². The third-order valence-electron chi connectivity index (χ3n) is 2.43. The summed E-state index contributed by atoms with van der Waals surface area (Å²) in [5.74, 6) is 0.696. The van der Waals surface area contributed by atoms with Crippen molar-refractivity contribution in [3.05, 3.63) is 29.8 Å². The molecular formula is C14H20N2O. The largest absolute Gasteiger partial charge is 0.383 e. The first-order valence-electron chi connectivity index (χ1n) is 6.04. The molecule has 1 rings (SSSR count). The molecule has 17 heavy (non-hydrogen) atoms. The van der Waals surface area contributed by atoms with E-state index >= 15 is 0 Å². The summed E-state index contributed by atoms with van der Waals surface area (Å²) in [6, 6.07) is 9.53. The van der Waals surface area contributed by atoms with Gasteiger partial charge in [0.1, 0.15) is 0 Å². The molecule has 0 unspecified atom stereocenters. The van der Waals surface area contributed by atoms with E-state index in [1.54, 1.807) is 0 Å².